The molecule has 1 atom stereocenters. The zero-order chi connectivity index (χ0) is 13.1. The van der Waals surface area contributed by atoms with Gasteiger partial charge in [0.2, 0.25) is 5.91 Å². The molecule has 0 aromatic carbocycles. The summed E-state index contributed by atoms with van der Waals surface area (Å²) in [5.74, 6) is 0.0441. The third kappa shape index (κ3) is 9.58. The third-order valence-corrected chi connectivity index (χ3v) is 1.83. The van der Waals surface area contributed by atoms with Crippen molar-refractivity contribution in [2.45, 2.75) is 13.0 Å². The lowest BCUT2D eigenvalue weighted by Crippen LogP contribution is -2.41. The van der Waals surface area contributed by atoms with E-state index in [0.29, 0.717) is 19.8 Å². The smallest absolute Gasteiger partial charge is 0.241 e. The monoisotopic (exact) mass is 246 g/mol. The molecule has 100 valence electrons. The molecule has 0 heterocycles. The van der Waals surface area contributed by atoms with Crippen LogP contribution in [0.1, 0.15) is 6.92 Å². The van der Waals surface area contributed by atoms with Crippen molar-refractivity contribution in [3.8, 4) is 0 Å². The number of amides is 1. The van der Waals surface area contributed by atoms with E-state index in [1.165, 1.54) is 0 Å². The number of nitrogens with zero attached hydrogens (tertiary/aromatic N) is 1. The van der Waals surface area contributed by atoms with Crippen LogP contribution in [0.3, 0.4) is 0 Å². The second kappa shape index (κ2) is 9.86. The molecule has 7 heteroatoms. The number of carbonyl (C=O) groups is 1. The Hall–Kier alpha value is -1.34. The number of methoxy groups -OCH3 is 2. The predicted molar refractivity (Wildman–Crippen MR) is 65.8 cm³/mol. The summed E-state index contributed by atoms with van der Waals surface area (Å²) in [5.41, 5.74) is 5.59. The Balaban J connectivity index is 3.77. The van der Waals surface area contributed by atoms with Crippen LogP contribution < -0.4 is 16.4 Å². The standard InChI is InChI=1S/C10H22N4O3/c1-8(7-17-3)14-10(11)13-6-9(15)12-4-5-16-2/h8H,4-7H2,1-3H3,(H,12,15)(H3,11,13,14). The first-order chi connectivity index (χ1) is 8.10. The molecule has 0 aliphatic rings. The number of ether oxygens (including phenoxy) is 2. The van der Waals surface area contributed by atoms with Crippen molar-refractivity contribution < 1.29 is 14.3 Å². The van der Waals surface area contributed by atoms with Gasteiger partial charge in [0.25, 0.3) is 0 Å². The van der Waals surface area contributed by atoms with Gasteiger partial charge in [0.05, 0.1) is 13.2 Å². The van der Waals surface area contributed by atoms with Crippen LogP contribution in [-0.2, 0) is 14.3 Å². The lowest BCUT2D eigenvalue weighted by atomic mass is 10.4. The largest absolute Gasteiger partial charge is 0.383 e. The van der Waals surface area contributed by atoms with Crippen molar-refractivity contribution in [1.29, 1.82) is 0 Å². The molecule has 4 N–H and O–H groups in total. The molecular formula is C10H22N4O3. The molecule has 0 bridgehead atoms. The summed E-state index contributed by atoms with van der Waals surface area (Å²) in [6, 6.07) is 0.0558. The lowest BCUT2D eigenvalue weighted by Gasteiger charge is -2.12. The molecule has 0 aromatic rings. The number of carbonyl (C=O) groups excluding carboxylic acids is 1. The van der Waals surface area contributed by atoms with Crippen LogP contribution in [-0.4, -0.2) is 58.4 Å². The maximum absolute atomic E-state index is 11.3. The molecule has 0 saturated heterocycles. The van der Waals surface area contributed by atoms with Crippen LogP contribution in [0.5, 0.6) is 0 Å². The van der Waals surface area contributed by atoms with Crippen molar-refractivity contribution in [2.75, 3.05) is 40.5 Å². The van der Waals surface area contributed by atoms with Gasteiger partial charge in [-0.25, -0.2) is 4.99 Å². The number of hydrogen-bond acceptors (Lipinski definition) is 4. The van der Waals surface area contributed by atoms with Crippen molar-refractivity contribution in [3.63, 3.8) is 0 Å². The Morgan fingerprint density at radius 1 is 1.41 bits per heavy atom. The Kier molecular flexibility index (Phi) is 9.08. The molecule has 0 aliphatic heterocycles. The first-order valence-electron chi connectivity index (χ1n) is 5.41. The van der Waals surface area contributed by atoms with E-state index >= 15 is 0 Å². The molecule has 1 amide bonds. The molecule has 0 rings (SSSR count). The summed E-state index contributed by atoms with van der Waals surface area (Å²) in [5, 5.41) is 5.54. The van der Waals surface area contributed by atoms with Gasteiger partial charge in [-0.05, 0) is 6.92 Å². The second-order valence-electron chi connectivity index (χ2n) is 3.54. The zero-order valence-electron chi connectivity index (χ0n) is 10.7. The predicted octanol–water partition coefficient (Wildman–Crippen LogP) is -1.31. The van der Waals surface area contributed by atoms with Crippen LogP contribution >= 0.6 is 0 Å². The molecule has 0 fully saturated rings. The lowest BCUT2D eigenvalue weighted by molar-refractivity contribution is -0.119. The minimum Gasteiger partial charge on any atom is -0.383 e. The molecule has 1 unspecified atom stereocenters. The Labute approximate surface area is 102 Å². The van der Waals surface area contributed by atoms with E-state index in [2.05, 4.69) is 15.6 Å². The zero-order valence-corrected chi connectivity index (χ0v) is 10.7. The fourth-order valence-electron chi connectivity index (χ4n) is 1.10. The molecule has 0 aliphatic carbocycles. The van der Waals surface area contributed by atoms with Crippen LogP contribution in [0.4, 0.5) is 0 Å². The fraction of sp³-hybridized carbons (Fsp3) is 0.800. The van der Waals surface area contributed by atoms with E-state index in [4.69, 9.17) is 15.2 Å². The SMILES string of the molecule is COCCNC(=O)CN=C(N)NC(C)COC. The van der Waals surface area contributed by atoms with E-state index in [1.807, 2.05) is 6.92 Å². The summed E-state index contributed by atoms with van der Waals surface area (Å²) >= 11 is 0. The highest BCUT2D eigenvalue weighted by atomic mass is 16.5. The quantitative estimate of drug-likeness (QED) is 0.280. The minimum absolute atomic E-state index is 0.00223. The minimum atomic E-state index is -0.189. The summed E-state index contributed by atoms with van der Waals surface area (Å²) in [6.07, 6.45) is 0. The summed E-state index contributed by atoms with van der Waals surface area (Å²) < 4.78 is 9.73. The van der Waals surface area contributed by atoms with E-state index in [0.717, 1.165) is 0 Å². The molecule has 7 nitrogen and oxygen atoms in total. The summed E-state index contributed by atoms with van der Waals surface area (Å²) in [7, 11) is 3.18. The highest BCUT2D eigenvalue weighted by Crippen LogP contribution is 1.81. The van der Waals surface area contributed by atoms with Crippen LogP contribution in [0.25, 0.3) is 0 Å². The molecule has 0 saturated carbocycles. The Morgan fingerprint density at radius 3 is 2.71 bits per heavy atom. The van der Waals surface area contributed by atoms with Crippen molar-refractivity contribution in [1.82, 2.24) is 10.6 Å². The number of hydrogen-bond donors (Lipinski definition) is 3. The number of nitrogens with two attached hydrogens (primary N) is 1. The van der Waals surface area contributed by atoms with E-state index in [1.54, 1.807) is 14.2 Å². The number of aliphatic imine (C=N–C) groups is 1. The number of guanidine groups is 1. The first kappa shape index (κ1) is 15.7. The average molecular weight is 246 g/mol. The Morgan fingerprint density at radius 2 is 2.12 bits per heavy atom. The van der Waals surface area contributed by atoms with Crippen LogP contribution in [0.15, 0.2) is 4.99 Å². The van der Waals surface area contributed by atoms with Crippen molar-refractivity contribution in [3.05, 3.63) is 0 Å². The highest BCUT2D eigenvalue weighted by Gasteiger charge is 2.03. The fourth-order valence-corrected chi connectivity index (χ4v) is 1.10. The van der Waals surface area contributed by atoms with Gasteiger partial charge in [0, 0.05) is 26.8 Å². The van der Waals surface area contributed by atoms with Gasteiger partial charge in [-0.2, -0.15) is 0 Å². The van der Waals surface area contributed by atoms with Gasteiger partial charge in [0.1, 0.15) is 6.54 Å². The maximum atomic E-state index is 11.3. The topological polar surface area (TPSA) is 98.0 Å². The van der Waals surface area contributed by atoms with E-state index < -0.39 is 0 Å². The third-order valence-electron chi connectivity index (χ3n) is 1.83. The van der Waals surface area contributed by atoms with E-state index in [-0.39, 0.29) is 24.5 Å². The summed E-state index contributed by atoms with van der Waals surface area (Å²) in [4.78, 5) is 15.2. The first-order valence-corrected chi connectivity index (χ1v) is 5.41. The van der Waals surface area contributed by atoms with Crippen molar-refractivity contribution in [2.24, 2.45) is 10.7 Å². The van der Waals surface area contributed by atoms with Gasteiger partial charge in [-0.1, -0.05) is 0 Å². The molecule has 17 heavy (non-hydrogen) atoms. The molecular weight excluding hydrogens is 224 g/mol. The van der Waals surface area contributed by atoms with Crippen LogP contribution in [0, 0.1) is 0 Å². The number of rotatable bonds is 8. The highest BCUT2D eigenvalue weighted by molar-refractivity contribution is 5.84. The summed E-state index contributed by atoms with van der Waals surface area (Å²) in [6.45, 7) is 3.38. The van der Waals surface area contributed by atoms with Gasteiger partial charge < -0.3 is 25.8 Å². The maximum Gasteiger partial charge on any atom is 0.241 e. The average Bonchev–Trinajstić information content (AvgIpc) is 2.27. The van der Waals surface area contributed by atoms with Crippen LogP contribution in [0.2, 0.25) is 0 Å². The van der Waals surface area contributed by atoms with Gasteiger partial charge in [-0.3, -0.25) is 4.79 Å². The van der Waals surface area contributed by atoms with Gasteiger partial charge in [0.15, 0.2) is 5.96 Å². The van der Waals surface area contributed by atoms with Gasteiger partial charge in [-0.15, -0.1) is 0 Å². The molecule has 0 spiro atoms. The van der Waals surface area contributed by atoms with Gasteiger partial charge >= 0.3 is 0 Å². The van der Waals surface area contributed by atoms with E-state index in [9.17, 15) is 4.79 Å². The number of nitrogens with one attached hydrogen (secondary N) is 2. The Bertz CT molecular complexity index is 246. The second-order valence-corrected chi connectivity index (χ2v) is 3.54. The molecule has 0 aromatic heterocycles. The normalized spacial score (nSPS) is 13.2. The van der Waals surface area contributed by atoms with Crippen molar-refractivity contribution >= 4 is 11.9 Å². The molecule has 0 radical (unpaired) electrons.